The summed E-state index contributed by atoms with van der Waals surface area (Å²) in [5, 5.41) is 26.4. The zero-order chi connectivity index (χ0) is 32.5. The van der Waals surface area contributed by atoms with Crippen molar-refractivity contribution in [1.29, 1.82) is 0 Å². The number of carbonyl (C=O) groups is 4. The number of aromatic amines is 2. The number of hydrogen-bond acceptors (Lipinski definition) is 5. The fraction of sp³-hybridized carbons (Fsp3) is 0.455. The second-order valence-electron chi connectivity index (χ2n) is 11.9. The van der Waals surface area contributed by atoms with Crippen LogP contribution in [0.15, 0.2) is 17.3 Å². The first-order valence-electron chi connectivity index (χ1n) is 15.0. The Bertz CT molecular complexity index is 1680. The second-order valence-corrected chi connectivity index (χ2v) is 12.7. The number of hydrogen-bond donors (Lipinski definition) is 7. The van der Waals surface area contributed by atoms with Gasteiger partial charge in [0.2, 0.25) is 11.8 Å². The Morgan fingerprint density at radius 3 is 2.11 bits per heavy atom. The van der Waals surface area contributed by atoms with Gasteiger partial charge in [0.05, 0.1) is 6.04 Å². The van der Waals surface area contributed by atoms with E-state index in [1.807, 2.05) is 65.8 Å². The average Bonchev–Trinajstić information content (AvgIpc) is 3.59. The van der Waals surface area contributed by atoms with E-state index in [0.29, 0.717) is 11.0 Å². The third-order valence-electron chi connectivity index (χ3n) is 9.01. The molecule has 2 aromatic rings. The van der Waals surface area contributed by atoms with E-state index in [0.717, 1.165) is 44.6 Å². The normalized spacial score (nSPS) is 25.2. The van der Waals surface area contributed by atoms with Crippen molar-refractivity contribution >= 4 is 54.6 Å². The number of nitrogens with one attached hydrogen (secondary N) is 4. The summed E-state index contributed by atoms with van der Waals surface area (Å²) >= 11 is 4.62. The lowest BCUT2D eigenvalue weighted by molar-refractivity contribution is -0.138. The maximum Gasteiger partial charge on any atom is 0.303 e. The molecular formula is C33H42N4O6S. The minimum Gasteiger partial charge on any atom is -0.481 e. The van der Waals surface area contributed by atoms with Gasteiger partial charge in [-0.1, -0.05) is 26.8 Å². The van der Waals surface area contributed by atoms with E-state index in [4.69, 9.17) is 0 Å². The van der Waals surface area contributed by atoms with Crippen molar-refractivity contribution in [3.8, 4) is 0 Å². The third-order valence-corrected chi connectivity index (χ3v) is 9.33. The number of thiol groups is 1. The van der Waals surface area contributed by atoms with Gasteiger partial charge in [-0.3, -0.25) is 19.2 Å². The largest absolute Gasteiger partial charge is 0.481 e. The van der Waals surface area contributed by atoms with Gasteiger partial charge in [0.15, 0.2) is 0 Å². The number of aromatic nitrogens is 2. The van der Waals surface area contributed by atoms with Gasteiger partial charge in [0.25, 0.3) is 0 Å². The van der Waals surface area contributed by atoms with Gasteiger partial charge in [-0.25, -0.2) is 0 Å². The Kier molecular flexibility index (Phi) is 9.98. The zero-order valence-electron chi connectivity index (χ0n) is 26.0. The molecule has 10 nitrogen and oxygen atoms in total. The molecule has 4 rings (SSSR count). The molecule has 0 spiro atoms. The lowest BCUT2D eigenvalue weighted by atomic mass is 9.91. The predicted molar refractivity (Wildman–Crippen MR) is 172 cm³/mol. The number of amides is 2. The van der Waals surface area contributed by atoms with E-state index >= 15 is 0 Å². The van der Waals surface area contributed by atoms with Crippen molar-refractivity contribution in [1.82, 2.24) is 20.6 Å². The number of allylic oxidation sites excluding steroid dienone is 2. The number of carboxylic acid groups (broad SMARTS) is 2. The summed E-state index contributed by atoms with van der Waals surface area (Å²) in [4.78, 5) is 54.9. The van der Waals surface area contributed by atoms with Crippen molar-refractivity contribution in [3.05, 3.63) is 61.7 Å². The summed E-state index contributed by atoms with van der Waals surface area (Å²) in [6.45, 7) is 11.5. The highest BCUT2D eigenvalue weighted by molar-refractivity contribution is 7.80. The topological polar surface area (TPSA) is 164 Å². The molecular weight excluding hydrogens is 580 g/mol. The Morgan fingerprint density at radius 1 is 0.909 bits per heavy atom. The summed E-state index contributed by atoms with van der Waals surface area (Å²) in [6.07, 6.45) is 8.04. The van der Waals surface area contributed by atoms with Gasteiger partial charge in [-0.15, -0.1) is 0 Å². The van der Waals surface area contributed by atoms with Crippen LogP contribution < -0.4 is 21.3 Å². The number of aliphatic carboxylic acids is 2. The first-order chi connectivity index (χ1) is 20.7. The van der Waals surface area contributed by atoms with Gasteiger partial charge in [0.1, 0.15) is 0 Å². The molecule has 2 aliphatic heterocycles. The monoisotopic (exact) mass is 622 g/mol. The predicted octanol–water partition coefficient (Wildman–Crippen LogP) is 2.73. The molecule has 0 aromatic carbocycles. The van der Waals surface area contributed by atoms with Crippen LogP contribution in [0.3, 0.4) is 0 Å². The van der Waals surface area contributed by atoms with E-state index in [2.05, 4.69) is 33.2 Å². The molecule has 0 radical (unpaired) electrons. The van der Waals surface area contributed by atoms with Crippen LogP contribution in [-0.4, -0.2) is 55.2 Å². The van der Waals surface area contributed by atoms with Crippen molar-refractivity contribution in [2.75, 3.05) is 0 Å². The van der Waals surface area contributed by atoms with Gasteiger partial charge in [0, 0.05) is 69.2 Å². The molecule has 11 heteroatoms. The molecule has 2 saturated heterocycles. The van der Waals surface area contributed by atoms with Crippen LogP contribution in [0.2, 0.25) is 0 Å². The highest BCUT2D eigenvalue weighted by Crippen LogP contribution is 2.34. The fourth-order valence-electron chi connectivity index (χ4n) is 6.42. The van der Waals surface area contributed by atoms with Gasteiger partial charge >= 0.3 is 11.9 Å². The fourth-order valence-corrected chi connectivity index (χ4v) is 6.84. The lowest BCUT2D eigenvalue weighted by Crippen LogP contribution is -2.28. The molecule has 2 fully saturated rings. The number of H-pyrrole nitrogens is 2. The molecule has 2 amide bonds. The highest BCUT2D eigenvalue weighted by Gasteiger charge is 2.38. The first kappa shape index (κ1) is 32.9. The number of carbonyl (C=O) groups excluding carboxylic acids is 2. The van der Waals surface area contributed by atoms with Crippen molar-refractivity contribution < 1.29 is 29.4 Å². The average molecular weight is 623 g/mol. The van der Waals surface area contributed by atoms with Crippen LogP contribution in [0.1, 0.15) is 74.2 Å². The lowest BCUT2D eigenvalue weighted by Gasteiger charge is -2.17. The van der Waals surface area contributed by atoms with Crippen molar-refractivity contribution in [2.45, 2.75) is 78.5 Å². The number of rotatable bonds is 10. The van der Waals surface area contributed by atoms with Crippen LogP contribution in [0.5, 0.6) is 0 Å². The van der Waals surface area contributed by atoms with Crippen LogP contribution >= 0.6 is 12.6 Å². The minimum atomic E-state index is -0.916. The summed E-state index contributed by atoms with van der Waals surface area (Å²) in [7, 11) is 0. The van der Waals surface area contributed by atoms with Crippen LogP contribution in [0, 0.1) is 31.6 Å². The van der Waals surface area contributed by atoms with Crippen LogP contribution in [0.4, 0.5) is 0 Å². The first-order valence-corrected chi connectivity index (χ1v) is 15.5. The molecule has 6 N–H and O–H groups in total. The van der Waals surface area contributed by atoms with E-state index in [-0.39, 0.29) is 66.5 Å². The molecule has 236 valence electrons. The van der Waals surface area contributed by atoms with Crippen LogP contribution in [-0.2, 0) is 32.0 Å². The zero-order valence-corrected chi connectivity index (χ0v) is 26.9. The number of carboxylic acids is 2. The maximum absolute atomic E-state index is 12.5. The quantitative estimate of drug-likeness (QED) is 0.159. The molecule has 0 aliphatic carbocycles. The third kappa shape index (κ3) is 6.72. The molecule has 4 heterocycles. The minimum absolute atomic E-state index is 0.0306. The molecule has 0 bridgehead atoms. The van der Waals surface area contributed by atoms with Crippen molar-refractivity contribution in [3.63, 3.8) is 0 Å². The summed E-state index contributed by atoms with van der Waals surface area (Å²) in [6, 6.07) is -0.227. The SMILES string of the molecule is C/C=C1/C(=O)N[C@H](/C=c2/[nH]/c(=C\c3[nH]c(/C=C4\NC(=O)[C@H](C)[C@H]4[C@H](C)S)c(C)c3CCC(=O)O)c(CCC(=O)O)c2C)C1C. The Balaban J connectivity index is 1.88. The summed E-state index contributed by atoms with van der Waals surface area (Å²) in [5.74, 6) is -2.35. The Morgan fingerprint density at radius 2 is 1.55 bits per heavy atom. The molecule has 0 saturated carbocycles. The van der Waals surface area contributed by atoms with Crippen molar-refractivity contribution in [2.24, 2.45) is 17.8 Å². The molecule has 2 aromatic heterocycles. The van der Waals surface area contributed by atoms with Gasteiger partial charge in [-0.05, 0) is 74.1 Å². The molecule has 44 heavy (non-hydrogen) atoms. The molecule has 5 atom stereocenters. The summed E-state index contributed by atoms with van der Waals surface area (Å²) in [5.41, 5.74) is 6.35. The van der Waals surface area contributed by atoms with E-state index in [9.17, 15) is 29.4 Å². The van der Waals surface area contributed by atoms with Gasteiger partial charge in [-0.2, -0.15) is 12.6 Å². The summed E-state index contributed by atoms with van der Waals surface area (Å²) < 4.78 is 0. The smallest absolute Gasteiger partial charge is 0.303 e. The Hall–Kier alpha value is -3.99. The van der Waals surface area contributed by atoms with E-state index in [1.54, 1.807) is 0 Å². The van der Waals surface area contributed by atoms with E-state index in [1.165, 1.54) is 0 Å². The highest BCUT2D eigenvalue weighted by atomic mass is 32.1. The standard InChI is InChI=1S/C33H42N4O6S/c1-7-20-15(2)25(36-33(20)43)12-23-16(3)21(8-10-29(38)39)26(34-23)14-27-22(9-11-30(40)41)17(4)24(35-27)13-28-31(19(6)44)18(5)32(42)37-28/h7,12-15,18-19,25,31,34-35,44H,8-11H2,1-6H3,(H,36,43)(H,37,42)(H,38,39)(H,40,41)/b20-7+,23-12+,26-14-,28-13-/t15?,18-,19+,25-,31+/m1/s1. The van der Waals surface area contributed by atoms with Gasteiger partial charge < -0.3 is 30.8 Å². The maximum atomic E-state index is 12.5. The van der Waals surface area contributed by atoms with E-state index < -0.39 is 11.9 Å². The molecule has 2 aliphatic rings. The Labute approximate surface area is 262 Å². The second kappa shape index (κ2) is 13.3. The van der Waals surface area contributed by atoms with Crippen LogP contribution in [0.25, 0.3) is 18.2 Å². The molecule has 1 unspecified atom stereocenters.